The normalized spacial score (nSPS) is 23.0. The number of pyridine rings is 1. The quantitative estimate of drug-likeness (QED) is 0.875. The molecule has 118 valence electrons. The summed E-state index contributed by atoms with van der Waals surface area (Å²) in [7, 11) is -3.16. The summed E-state index contributed by atoms with van der Waals surface area (Å²) >= 11 is 0. The third-order valence-corrected chi connectivity index (χ3v) is 5.39. The van der Waals surface area contributed by atoms with Gasteiger partial charge < -0.3 is 4.74 Å². The van der Waals surface area contributed by atoms with Crippen molar-refractivity contribution in [3.05, 3.63) is 24.0 Å². The van der Waals surface area contributed by atoms with Crippen molar-refractivity contribution in [3.8, 4) is 5.75 Å². The first kappa shape index (κ1) is 16.2. The molecular weight excluding hydrogens is 288 g/mol. The number of nitrogens with zero attached hydrogens (tertiary/aromatic N) is 1. The Balaban J connectivity index is 1.94. The number of rotatable bonds is 6. The second kappa shape index (κ2) is 7.22. The molecular formula is C15H24N2O3S. The van der Waals surface area contributed by atoms with Gasteiger partial charge in [-0.3, -0.25) is 4.98 Å². The fraction of sp³-hybridized carbons (Fsp3) is 0.667. The Morgan fingerprint density at radius 2 is 2.10 bits per heavy atom. The van der Waals surface area contributed by atoms with Gasteiger partial charge in [0, 0.05) is 17.7 Å². The summed E-state index contributed by atoms with van der Waals surface area (Å²) in [5.74, 6) is 1.09. The minimum absolute atomic E-state index is 0.0119. The molecule has 1 aliphatic rings. The lowest BCUT2D eigenvalue weighted by Gasteiger charge is -2.31. The molecule has 1 fully saturated rings. The topological polar surface area (TPSA) is 68.3 Å². The van der Waals surface area contributed by atoms with E-state index >= 15 is 0 Å². The first-order valence-electron chi connectivity index (χ1n) is 7.55. The minimum Gasteiger partial charge on any atom is -0.492 e. The lowest BCUT2D eigenvalue weighted by Crippen LogP contribution is -2.44. The van der Waals surface area contributed by atoms with Crippen LogP contribution in [0.1, 0.15) is 38.3 Å². The summed E-state index contributed by atoms with van der Waals surface area (Å²) in [5.41, 5.74) is 0.952. The van der Waals surface area contributed by atoms with Crippen LogP contribution < -0.4 is 9.46 Å². The maximum absolute atomic E-state index is 11.8. The van der Waals surface area contributed by atoms with Crippen molar-refractivity contribution in [1.29, 1.82) is 0 Å². The summed E-state index contributed by atoms with van der Waals surface area (Å²) < 4.78 is 32.1. The van der Waals surface area contributed by atoms with E-state index in [1.165, 1.54) is 0 Å². The number of ether oxygens (including phenoxy) is 1. The SMILES string of the molecule is CCS(=O)(=O)NC1CCCCC1COc1ccc(C)nc1. The van der Waals surface area contributed by atoms with Crippen molar-refractivity contribution < 1.29 is 13.2 Å². The predicted octanol–water partition coefficient (Wildman–Crippen LogP) is 2.27. The predicted molar refractivity (Wildman–Crippen MR) is 82.8 cm³/mol. The van der Waals surface area contributed by atoms with Gasteiger partial charge >= 0.3 is 0 Å². The summed E-state index contributed by atoms with van der Waals surface area (Å²) in [4.78, 5) is 4.20. The van der Waals surface area contributed by atoms with E-state index in [1.54, 1.807) is 13.1 Å². The number of sulfonamides is 1. The van der Waals surface area contributed by atoms with Crippen LogP contribution in [0, 0.1) is 12.8 Å². The van der Waals surface area contributed by atoms with Crippen molar-refractivity contribution in [2.75, 3.05) is 12.4 Å². The molecule has 1 aromatic rings. The van der Waals surface area contributed by atoms with Crippen LogP contribution in [-0.2, 0) is 10.0 Å². The van der Waals surface area contributed by atoms with Gasteiger partial charge in [0.05, 0.1) is 18.6 Å². The van der Waals surface area contributed by atoms with Crippen LogP contribution in [0.2, 0.25) is 0 Å². The van der Waals surface area contributed by atoms with Gasteiger partial charge in [-0.25, -0.2) is 13.1 Å². The molecule has 1 aliphatic carbocycles. The molecule has 0 aliphatic heterocycles. The lowest BCUT2D eigenvalue weighted by molar-refractivity contribution is 0.180. The average Bonchev–Trinajstić information content (AvgIpc) is 2.48. The molecule has 6 heteroatoms. The molecule has 1 N–H and O–H groups in total. The largest absolute Gasteiger partial charge is 0.492 e. The molecule has 0 saturated heterocycles. The van der Waals surface area contributed by atoms with Crippen molar-refractivity contribution in [1.82, 2.24) is 9.71 Å². The summed E-state index contributed by atoms with van der Waals surface area (Å²) in [6, 6.07) is 3.80. The van der Waals surface area contributed by atoms with E-state index in [1.807, 2.05) is 19.1 Å². The van der Waals surface area contributed by atoms with E-state index in [9.17, 15) is 8.42 Å². The minimum atomic E-state index is -3.16. The van der Waals surface area contributed by atoms with Crippen molar-refractivity contribution >= 4 is 10.0 Å². The highest BCUT2D eigenvalue weighted by Crippen LogP contribution is 2.26. The van der Waals surface area contributed by atoms with Gasteiger partial charge in [-0.1, -0.05) is 12.8 Å². The van der Waals surface area contributed by atoms with Crippen LogP contribution in [0.25, 0.3) is 0 Å². The molecule has 0 radical (unpaired) electrons. The summed E-state index contributed by atoms with van der Waals surface area (Å²) in [6.45, 7) is 4.12. The number of aryl methyl sites for hydroxylation is 1. The van der Waals surface area contributed by atoms with Gasteiger partial charge in [-0.15, -0.1) is 0 Å². The molecule has 1 aromatic heterocycles. The number of aromatic nitrogens is 1. The fourth-order valence-corrected chi connectivity index (χ4v) is 3.56. The van der Waals surface area contributed by atoms with E-state index < -0.39 is 10.0 Å². The van der Waals surface area contributed by atoms with E-state index in [-0.39, 0.29) is 17.7 Å². The van der Waals surface area contributed by atoms with Gasteiger partial charge in [-0.2, -0.15) is 0 Å². The van der Waals surface area contributed by atoms with Crippen molar-refractivity contribution in [2.24, 2.45) is 5.92 Å². The molecule has 1 saturated carbocycles. The first-order valence-corrected chi connectivity index (χ1v) is 9.21. The molecule has 0 bridgehead atoms. The van der Waals surface area contributed by atoms with Crippen LogP contribution in [0.3, 0.4) is 0 Å². The zero-order valence-electron chi connectivity index (χ0n) is 12.7. The standard InChI is InChI=1S/C15H24N2O3S/c1-3-21(18,19)17-15-7-5-4-6-13(15)11-20-14-9-8-12(2)16-10-14/h8-10,13,15,17H,3-7,11H2,1-2H3. The van der Waals surface area contributed by atoms with Crippen LogP contribution in [-0.4, -0.2) is 31.8 Å². The highest BCUT2D eigenvalue weighted by atomic mass is 32.2. The molecule has 1 heterocycles. The maximum Gasteiger partial charge on any atom is 0.211 e. The molecule has 2 rings (SSSR count). The average molecular weight is 312 g/mol. The second-order valence-corrected chi connectivity index (χ2v) is 7.66. The highest BCUT2D eigenvalue weighted by molar-refractivity contribution is 7.89. The zero-order valence-corrected chi connectivity index (χ0v) is 13.5. The Kier molecular flexibility index (Phi) is 5.58. The Bertz CT molecular complexity index is 543. The van der Waals surface area contributed by atoms with Crippen molar-refractivity contribution in [2.45, 2.75) is 45.6 Å². The molecule has 2 unspecified atom stereocenters. The van der Waals surface area contributed by atoms with Crippen molar-refractivity contribution in [3.63, 3.8) is 0 Å². The lowest BCUT2D eigenvalue weighted by atomic mass is 9.86. The monoisotopic (exact) mass is 312 g/mol. The van der Waals surface area contributed by atoms with Gasteiger partial charge in [0.15, 0.2) is 0 Å². The molecule has 0 aromatic carbocycles. The van der Waals surface area contributed by atoms with Crippen LogP contribution >= 0.6 is 0 Å². The summed E-state index contributed by atoms with van der Waals surface area (Å²) in [6.07, 6.45) is 5.79. The van der Waals surface area contributed by atoms with Gasteiger partial charge in [0.1, 0.15) is 5.75 Å². The van der Waals surface area contributed by atoms with Crippen LogP contribution in [0.4, 0.5) is 0 Å². The summed E-state index contributed by atoms with van der Waals surface area (Å²) in [5, 5.41) is 0. The number of hydrogen-bond donors (Lipinski definition) is 1. The Hall–Kier alpha value is -1.14. The fourth-order valence-electron chi connectivity index (χ4n) is 2.62. The van der Waals surface area contributed by atoms with E-state index in [0.717, 1.165) is 37.1 Å². The maximum atomic E-state index is 11.8. The Morgan fingerprint density at radius 1 is 1.33 bits per heavy atom. The van der Waals surface area contributed by atoms with Gasteiger partial charge in [-0.05, 0) is 38.8 Å². The molecule has 5 nitrogen and oxygen atoms in total. The third kappa shape index (κ3) is 4.97. The Labute approximate surface area is 127 Å². The third-order valence-electron chi connectivity index (χ3n) is 3.97. The van der Waals surface area contributed by atoms with E-state index in [0.29, 0.717) is 6.61 Å². The smallest absolute Gasteiger partial charge is 0.211 e. The highest BCUT2D eigenvalue weighted by Gasteiger charge is 2.28. The van der Waals surface area contributed by atoms with Gasteiger partial charge in [0.25, 0.3) is 0 Å². The van der Waals surface area contributed by atoms with E-state index in [4.69, 9.17) is 4.74 Å². The first-order chi connectivity index (χ1) is 10.00. The second-order valence-electron chi connectivity index (χ2n) is 5.62. The van der Waals surface area contributed by atoms with Crippen LogP contribution in [0.5, 0.6) is 5.75 Å². The zero-order chi connectivity index (χ0) is 15.3. The number of nitrogens with one attached hydrogen (secondary N) is 1. The molecule has 0 amide bonds. The van der Waals surface area contributed by atoms with Crippen LogP contribution in [0.15, 0.2) is 18.3 Å². The Morgan fingerprint density at radius 3 is 2.76 bits per heavy atom. The molecule has 0 spiro atoms. The molecule has 2 atom stereocenters. The molecule has 21 heavy (non-hydrogen) atoms. The number of hydrogen-bond acceptors (Lipinski definition) is 4. The van der Waals surface area contributed by atoms with E-state index in [2.05, 4.69) is 9.71 Å². The van der Waals surface area contributed by atoms with Gasteiger partial charge in [0.2, 0.25) is 10.0 Å².